The number of nitrogens with zero attached hydrogens (tertiary/aromatic N) is 2. The van der Waals surface area contributed by atoms with Crippen LogP contribution in [-0.2, 0) is 14.4 Å². The maximum Gasteiger partial charge on any atom is 0.246 e. The Morgan fingerprint density at radius 3 is 2.70 bits per heavy atom. The lowest BCUT2D eigenvalue weighted by Gasteiger charge is -2.47. The Bertz CT molecular complexity index is 443. The zero-order valence-electron chi connectivity index (χ0n) is 11.9. The van der Waals surface area contributed by atoms with E-state index in [0.717, 1.165) is 12.8 Å². The summed E-state index contributed by atoms with van der Waals surface area (Å²) >= 11 is 0. The molecular weight excluding hydrogens is 258 g/mol. The van der Waals surface area contributed by atoms with Crippen LogP contribution in [0.15, 0.2) is 12.7 Å². The predicted octanol–water partition coefficient (Wildman–Crippen LogP) is -0.0980. The first-order chi connectivity index (χ1) is 9.51. The molecule has 0 aromatic heterocycles. The minimum atomic E-state index is -0.675. The molecule has 0 atom stereocenters. The first-order valence-corrected chi connectivity index (χ1v) is 6.97. The molecule has 3 amide bonds. The SMILES string of the molecule is C=CC(=O)N(C)CC(=O)N1CCCNC(=O)C12CCC2. The third kappa shape index (κ3) is 2.42. The van der Waals surface area contributed by atoms with E-state index in [0.29, 0.717) is 25.9 Å². The van der Waals surface area contributed by atoms with E-state index in [4.69, 9.17) is 0 Å². The highest BCUT2D eigenvalue weighted by Gasteiger charge is 2.51. The Morgan fingerprint density at radius 1 is 1.45 bits per heavy atom. The minimum absolute atomic E-state index is 0.0140. The lowest BCUT2D eigenvalue weighted by Crippen LogP contribution is -2.64. The molecule has 1 N–H and O–H groups in total. The highest BCUT2D eigenvalue weighted by molar-refractivity contribution is 5.95. The van der Waals surface area contributed by atoms with Crippen molar-refractivity contribution in [1.29, 1.82) is 0 Å². The zero-order valence-corrected chi connectivity index (χ0v) is 11.9. The van der Waals surface area contributed by atoms with Crippen LogP contribution in [0.4, 0.5) is 0 Å². The maximum absolute atomic E-state index is 12.5. The molecule has 0 aromatic rings. The summed E-state index contributed by atoms with van der Waals surface area (Å²) in [6, 6.07) is 0. The monoisotopic (exact) mass is 279 g/mol. The predicted molar refractivity (Wildman–Crippen MR) is 73.8 cm³/mol. The third-order valence-electron chi connectivity index (χ3n) is 4.19. The summed E-state index contributed by atoms with van der Waals surface area (Å²) in [4.78, 5) is 39.1. The van der Waals surface area contributed by atoms with Crippen molar-refractivity contribution in [3.05, 3.63) is 12.7 Å². The summed E-state index contributed by atoms with van der Waals surface area (Å²) in [7, 11) is 1.56. The molecular formula is C14H21N3O3. The van der Waals surface area contributed by atoms with Crippen LogP contribution in [-0.4, -0.2) is 59.7 Å². The second-order valence-corrected chi connectivity index (χ2v) is 5.44. The Hall–Kier alpha value is -1.85. The molecule has 0 unspecified atom stereocenters. The molecule has 1 spiro atoms. The maximum atomic E-state index is 12.5. The number of amides is 3. The molecule has 1 saturated carbocycles. The van der Waals surface area contributed by atoms with Gasteiger partial charge in [0.15, 0.2) is 0 Å². The number of hydrogen-bond donors (Lipinski definition) is 1. The van der Waals surface area contributed by atoms with Crippen LogP contribution in [0.25, 0.3) is 0 Å². The Morgan fingerprint density at radius 2 is 2.15 bits per heavy atom. The highest BCUT2D eigenvalue weighted by atomic mass is 16.2. The fraction of sp³-hybridized carbons (Fsp3) is 0.643. The molecule has 6 nitrogen and oxygen atoms in total. The lowest BCUT2D eigenvalue weighted by molar-refractivity contribution is -0.154. The molecule has 0 bridgehead atoms. The summed E-state index contributed by atoms with van der Waals surface area (Å²) in [6.07, 6.45) is 4.31. The van der Waals surface area contributed by atoms with E-state index in [9.17, 15) is 14.4 Å². The number of likely N-dealkylation sites (N-methyl/N-ethyl adjacent to an activating group) is 1. The molecule has 0 radical (unpaired) electrons. The van der Waals surface area contributed by atoms with Crippen molar-refractivity contribution in [2.24, 2.45) is 0 Å². The second-order valence-electron chi connectivity index (χ2n) is 5.44. The number of hydrogen-bond acceptors (Lipinski definition) is 3. The van der Waals surface area contributed by atoms with E-state index in [1.807, 2.05) is 0 Å². The van der Waals surface area contributed by atoms with E-state index in [2.05, 4.69) is 11.9 Å². The molecule has 2 aliphatic rings. The van der Waals surface area contributed by atoms with E-state index in [1.165, 1.54) is 11.0 Å². The van der Waals surface area contributed by atoms with Crippen molar-refractivity contribution in [3.63, 3.8) is 0 Å². The van der Waals surface area contributed by atoms with Crippen molar-refractivity contribution < 1.29 is 14.4 Å². The molecule has 1 saturated heterocycles. The van der Waals surface area contributed by atoms with Crippen molar-refractivity contribution in [2.75, 3.05) is 26.7 Å². The molecule has 1 aliphatic heterocycles. The molecule has 1 heterocycles. The third-order valence-corrected chi connectivity index (χ3v) is 4.19. The van der Waals surface area contributed by atoms with Crippen LogP contribution in [0.1, 0.15) is 25.7 Å². The molecule has 20 heavy (non-hydrogen) atoms. The Balaban J connectivity index is 2.12. The Labute approximate surface area is 118 Å². The van der Waals surface area contributed by atoms with Gasteiger partial charge in [-0.2, -0.15) is 0 Å². The number of nitrogens with one attached hydrogen (secondary N) is 1. The fourth-order valence-corrected chi connectivity index (χ4v) is 2.83. The van der Waals surface area contributed by atoms with Gasteiger partial charge in [0.05, 0.1) is 6.54 Å². The van der Waals surface area contributed by atoms with E-state index in [-0.39, 0.29) is 24.3 Å². The quantitative estimate of drug-likeness (QED) is 0.734. The van der Waals surface area contributed by atoms with Gasteiger partial charge >= 0.3 is 0 Å². The van der Waals surface area contributed by atoms with Gasteiger partial charge in [-0.1, -0.05) is 6.58 Å². The average Bonchev–Trinajstić information content (AvgIpc) is 2.55. The fourth-order valence-electron chi connectivity index (χ4n) is 2.83. The van der Waals surface area contributed by atoms with Crippen LogP contribution < -0.4 is 5.32 Å². The van der Waals surface area contributed by atoms with Gasteiger partial charge < -0.3 is 15.1 Å². The smallest absolute Gasteiger partial charge is 0.246 e. The first kappa shape index (κ1) is 14.6. The van der Waals surface area contributed by atoms with Gasteiger partial charge in [0.1, 0.15) is 5.54 Å². The molecule has 110 valence electrons. The number of carbonyl (C=O) groups is 3. The number of carbonyl (C=O) groups excluding carboxylic acids is 3. The lowest BCUT2D eigenvalue weighted by atomic mass is 9.74. The first-order valence-electron chi connectivity index (χ1n) is 6.97. The summed E-state index contributed by atoms with van der Waals surface area (Å²) in [5.74, 6) is -0.507. The van der Waals surface area contributed by atoms with Crippen molar-refractivity contribution in [1.82, 2.24) is 15.1 Å². The van der Waals surface area contributed by atoms with Crippen LogP contribution in [0, 0.1) is 0 Å². The van der Waals surface area contributed by atoms with Crippen LogP contribution in [0.5, 0.6) is 0 Å². The molecule has 0 aromatic carbocycles. The minimum Gasteiger partial charge on any atom is -0.354 e. The van der Waals surface area contributed by atoms with Gasteiger partial charge in [-0.15, -0.1) is 0 Å². The second kappa shape index (κ2) is 5.64. The normalized spacial score (nSPS) is 20.6. The highest BCUT2D eigenvalue weighted by Crippen LogP contribution is 2.39. The van der Waals surface area contributed by atoms with Crippen molar-refractivity contribution >= 4 is 17.7 Å². The van der Waals surface area contributed by atoms with Gasteiger partial charge in [0.25, 0.3) is 0 Å². The summed E-state index contributed by atoms with van der Waals surface area (Å²) < 4.78 is 0. The van der Waals surface area contributed by atoms with E-state index < -0.39 is 5.54 Å². The molecule has 2 fully saturated rings. The topological polar surface area (TPSA) is 69.7 Å². The van der Waals surface area contributed by atoms with Gasteiger partial charge in [-0.05, 0) is 31.8 Å². The van der Waals surface area contributed by atoms with Gasteiger partial charge in [0, 0.05) is 20.1 Å². The van der Waals surface area contributed by atoms with Gasteiger partial charge in [0.2, 0.25) is 17.7 Å². The Kier molecular flexibility index (Phi) is 4.11. The largest absolute Gasteiger partial charge is 0.354 e. The van der Waals surface area contributed by atoms with Gasteiger partial charge in [-0.25, -0.2) is 0 Å². The standard InChI is InChI=1S/C14H21N3O3/c1-3-11(18)16(2)10-12(19)17-9-5-8-15-13(20)14(17)6-4-7-14/h3H,1,4-10H2,2H3,(H,15,20). The van der Waals surface area contributed by atoms with E-state index >= 15 is 0 Å². The molecule has 1 aliphatic carbocycles. The van der Waals surface area contributed by atoms with Gasteiger partial charge in [-0.3, -0.25) is 14.4 Å². The molecule has 2 rings (SSSR count). The summed E-state index contributed by atoms with van der Waals surface area (Å²) in [6.45, 7) is 4.56. The average molecular weight is 279 g/mol. The van der Waals surface area contributed by atoms with Crippen molar-refractivity contribution in [2.45, 2.75) is 31.2 Å². The summed E-state index contributed by atoms with van der Waals surface area (Å²) in [5.41, 5.74) is -0.675. The van der Waals surface area contributed by atoms with E-state index in [1.54, 1.807) is 11.9 Å². The van der Waals surface area contributed by atoms with Crippen LogP contribution >= 0.6 is 0 Å². The summed E-state index contributed by atoms with van der Waals surface area (Å²) in [5, 5.41) is 2.88. The van der Waals surface area contributed by atoms with Crippen LogP contribution in [0.3, 0.4) is 0 Å². The number of rotatable bonds is 3. The zero-order chi connectivity index (χ0) is 14.8. The van der Waals surface area contributed by atoms with Crippen LogP contribution in [0.2, 0.25) is 0 Å². The van der Waals surface area contributed by atoms with Crippen molar-refractivity contribution in [3.8, 4) is 0 Å². The molecule has 6 heteroatoms.